The molecule has 0 radical (unpaired) electrons. The topological polar surface area (TPSA) is 26.3 Å². The van der Waals surface area contributed by atoms with Gasteiger partial charge in [-0.25, -0.2) is 0 Å². The molecule has 0 aromatic heterocycles. The van der Waals surface area contributed by atoms with E-state index in [-0.39, 0.29) is 5.78 Å². The van der Waals surface area contributed by atoms with Gasteiger partial charge >= 0.3 is 0 Å². The lowest BCUT2D eigenvalue weighted by molar-refractivity contribution is 0.101. The summed E-state index contributed by atoms with van der Waals surface area (Å²) in [5, 5.41) is 0.682. The van der Waals surface area contributed by atoms with E-state index >= 15 is 0 Å². The van der Waals surface area contributed by atoms with Crippen molar-refractivity contribution in [2.24, 2.45) is 0 Å². The van der Waals surface area contributed by atoms with Gasteiger partial charge in [0.05, 0.1) is 5.56 Å². The van der Waals surface area contributed by atoms with Crippen LogP contribution in [0.4, 0.5) is 0 Å². The lowest BCUT2D eigenvalue weighted by atomic mass is 10.1. The van der Waals surface area contributed by atoms with Gasteiger partial charge in [-0.2, -0.15) is 0 Å². The van der Waals surface area contributed by atoms with Crippen molar-refractivity contribution in [3.63, 3.8) is 0 Å². The molecular weight excluding hydrogens is 272 g/mol. The van der Waals surface area contributed by atoms with E-state index in [1.807, 2.05) is 44.2 Å². The SMILES string of the molecule is CC(=O)c1ccc(C)cc1OCc1ccc(C)cc1Cl. The number of halogens is 1. The minimum Gasteiger partial charge on any atom is -0.488 e. The lowest BCUT2D eigenvalue weighted by Gasteiger charge is -2.12. The number of ether oxygens (including phenoxy) is 1. The molecule has 0 spiro atoms. The second-order valence-electron chi connectivity index (χ2n) is 4.94. The molecule has 0 atom stereocenters. The van der Waals surface area contributed by atoms with E-state index in [1.165, 1.54) is 6.92 Å². The molecule has 104 valence electrons. The van der Waals surface area contributed by atoms with E-state index < -0.39 is 0 Å². The number of ketones is 1. The average molecular weight is 289 g/mol. The molecule has 2 aromatic carbocycles. The molecule has 0 aliphatic heterocycles. The number of benzene rings is 2. The largest absolute Gasteiger partial charge is 0.488 e. The predicted molar refractivity (Wildman–Crippen MR) is 81.7 cm³/mol. The van der Waals surface area contributed by atoms with Gasteiger partial charge in [0.25, 0.3) is 0 Å². The smallest absolute Gasteiger partial charge is 0.163 e. The fourth-order valence-electron chi connectivity index (χ4n) is 1.96. The van der Waals surface area contributed by atoms with Crippen LogP contribution >= 0.6 is 11.6 Å². The van der Waals surface area contributed by atoms with Gasteiger partial charge in [0, 0.05) is 10.6 Å². The van der Waals surface area contributed by atoms with E-state index in [0.717, 1.165) is 16.7 Å². The molecule has 0 saturated heterocycles. The Balaban J connectivity index is 2.22. The molecule has 0 heterocycles. The highest BCUT2D eigenvalue weighted by Crippen LogP contribution is 2.24. The van der Waals surface area contributed by atoms with Crippen LogP contribution in [0.2, 0.25) is 5.02 Å². The van der Waals surface area contributed by atoms with Crippen LogP contribution < -0.4 is 4.74 Å². The van der Waals surface area contributed by atoms with E-state index in [4.69, 9.17) is 16.3 Å². The zero-order valence-corrected chi connectivity index (χ0v) is 12.6. The van der Waals surface area contributed by atoms with Gasteiger partial charge < -0.3 is 4.74 Å². The van der Waals surface area contributed by atoms with E-state index in [1.54, 1.807) is 6.07 Å². The number of hydrogen-bond acceptors (Lipinski definition) is 2. The highest BCUT2D eigenvalue weighted by molar-refractivity contribution is 6.31. The third-order valence-corrected chi connectivity index (χ3v) is 3.46. The minimum atomic E-state index is -0.00463. The zero-order chi connectivity index (χ0) is 14.7. The van der Waals surface area contributed by atoms with E-state index in [9.17, 15) is 4.79 Å². The van der Waals surface area contributed by atoms with Crippen molar-refractivity contribution in [2.45, 2.75) is 27.4 Å². The summed E-state index contributed by atoms with van der Waals surface area (Å²) in [5.74, 6) is 0.601. The molecule has 0 aliphatic rings. The van der Waals surface area contributed by atoms with E-state index in [2.05, 4.69) is 0 Å². The Morgan fingerprint density at radius 1 is 1.10 bits per heavy atom. The molecule has 3 heteroatoms. The average Bonchev–Trinajstić information content (AvgIpc) is 2.37. The number of carbonyl (C=O) groups excluding carboxylic acids is 1. The van der Waals surface area contributed by atoms with Crippen LogP contribution in [0.5, 0.6) is 5.75 Å². The molecule has 2 nitrogen and oxygen atoms in total. The predicted octanol–water partition coefficient (Wildman–Crippen LogP) is 4.74. The number of hydrogen-bond donors (Lipinski definition) is 0. The fraction of sp³-hybridized carbons (Fsp3) is 0.235. The Kier molecular flexibility index (Phi) is 4.46. The Labute approximate surface area is 124 Å². The molecule has 0 N–H and O–H groups in total. The van der Waals surface area contributed by atoms with Gasteiger partial charge in [-0.1, -0.05) is 29.8 Å². The van der Waals surface area contributed by atoms with Gasteiger partial charge in [0.2, 0.25) is 0 Å². The second-order valence-corrected chi connectivity index (χ2v) is 5.35. The van der Waals surface area contributed by atoms with Crippen LogP contribution in [0.3, 0.4) is 0 Å². The fourth-order valence-corrected chi connectivity index (χ4v) is 2.25. The van der Waals surface area contributed by atoms with Crippen LogP contribution in [-0.4, -0.2) is 5.78 Å². The van der Waals surface area contributed by atoms with Crippen molar-refractivity contribution in [1.82, 2.24) is 0 Å². The molecule has 0 fully saturated rings. The molecule has 20 heavy (non-hydrogen) atoms. The monoisotopic (exact) mass is 288 g/mol. The molecule has 0 bridgehead atoms. The number of carbonyl (C=O) groups is 1. The molecule has 2 aromatic rings. The molecule has 0 unspecified atom stereocenters. The zero-order valence-electron chi connectivity index (χ0n) is 11.9. The standard InChI is InChI=1S/C17H17ClO2/c1-11-4-6-14(16(18)8-11)10-20-17-9-12(2)5-7-15(17)13(3)19/h4-9H,10H2,1-3H3. The first-order chi connectivity index (χ1) is 9.47. The third-order valence-electron chi connectivity index (χ3n) is 3.11. The summed E-state index contributed by atoms with van der Waals surface area (Å²) in [5.41, 5.74) is 3.67. The van der Waals surface area contributed by atoms with Crippen LogP contribution in [0.1, 0.15) is 34.0 Å². The third kappa shape index (κ3) is 3.40. The van der Waals surface area contributed by atoms with Crippen LogP contribution in [0.25, 0.3) is 0 Å². The summed E-state index contributed by atoms with van der Waals surface area (Å²) in [7, 11) is 0. The normalized spacial score (nSPS) is 10.4. The molecule has 2 rings (SSSR count). The van der Waals surface area contributed by atoms with Crippen molar-refractivity contribution < 1.29 is 9.53 Å². The van der Waals surface area contributed by atoms with Crippen molar-refractivity contribution in [3.05, 3.63) is 63.7 Å². The maximum Gasteiger partial charge on any atom is 0.163 e. The summed E-state index contributed by atoms with van der Waals surface area (Å²) in [6.45, 7) is 5.85. The van der Waals surface area contributed by atoms with Crippen LogP contribution in [-0.2, 0) is 6.61 Å². The quantitative estimate of drug-likeness (QED) is 0.760. The minimum absolute atomic E-state index is 0.00463. The van der Waals surface area contributed by atoms with Gasteiger partial charge in [-0.3, -0.25) is 4.79 Å². The highest BCUT2D eigenvalue weighted by Gasteiger charge is 2.10. The van der Waals surface area contributed by atoms with Crippen molar-refractivity contribution in [3.8, 4) is 5.75 Å². The maximum absolute atomic E-state index is 11.6. The Morgan fingerprint density at radius 3 is 2.40 bits per heavy atom. The molecular formula is C17H17ClO2. The van der Waals surface area contributed by atoms with Gasteiger partial charge in [-0.05, 0) is 50.1 Å². The first-order valence-corrected chi connectivity index (χ1v) is 6.84. The Morgan fingerprint density at radius 2 is 1.75 bits per heavy atom. The van der Waals surface area contributed by atoms with Gasteiger partial charge in [0.15, 0.2) is 5.78 Å². The Hall–Kier alpha value is -1.80. The maximum atomic E-state index is 11.6. The summed E-state index contributed by atoms with van der Waals surface area (Å²) in [4.78, 5) is 11.6. The number of rotatable bonds is 4. The van der Waals surface area contributed by atoms with Crippen molar-refractivity contribution in [2.75, 3.05) is 0 Å². The van der Waals surface area contributed by atoms with Crippen LogP contribution in [0.15, 0.2) is 36.4 Å². The highest BCUT2D eigenvalue weighted by atomic mass is 35.5. The van der Waals surface area contributed by atoms with Crippen molar-refractivity contribution >= 4 is 17.4 Å². The summed E-state index contributed by atoms with van der Waals surface area (Å²) in [6, 6.07) is 11.4. The summed E-state index contributed by atoms with van der Waals surface area (Å²) >= 11 is 6.18. The molecule has 0 aliphatic carbocycles. The lowest BCUT2D eigenvalue weighted by Crippen LogP contribution is -2.02. The summed E-state index contributed by atoms with van der Waals surface area (Å²) < 4.78 is 5.78. The van der Waals surface area contributed by atoms with Crippen molar-refractivity contribution in [1.29, 1.82) is 0 Å². The number of aryl methyl sites for hydroxylation is 2. The molecule has 0 saturated carbocycles. The van der Waals surface area contributed by atoms with Crippen LogP contribution in [0, 0.1) is 13.8 Å². The summed E-state index contributed by atoms with van der Waals surface area (Å²) in [6.07, 6.45) is 0. The second kappa shape index (κ2) is 6.10. The molecule has 0 amide bonds. The van der Waals surface area contributed by atoms with E-state index in [0.29, 0.717) is 22.9 Å². The Bertz CT molecular complexity index is 647. The van der Waals surface area contributed by atoms with Gasteiger partial charge in [-0.15, -0.1) is 0 Å². The number of Topliss-reactive ketones (excluding diaryl/α,β-unsaturated/α-hetero) is 1. The first-order valence-electron chi connectivity index (χ1n) is 6.47. The first kappa shape index (κ1) is 14.6. The van der Waals surface area contributed by atoms with Gasteiger partial charge in [0.1, 0.15) is 12.4 Å².